The maximum atomic E-state index is 13.3. The Morgan fingerprint density at radius 2 is 2.12 bits per heavy atom. The summed E-state index contributed by atoms with van der Waals surface area (Å²) in [5, 5.41) is 3.67. The summed E-state index contributed by atoms with van der Waals surface area (Å²) in [7, 11) is 1.73. The molecule has 1 aromatic heterocycles. The summed E-state index contributed by atoms with van der Waals surface area (Å²) >= 11 is 3.36. The molecule has 0 amide bonds. The molecule has 2 unspecified atom stereocenters. The SMILES string of the molecule is COCCN1CCC(NC(c2ccc(F)cc2)c2ccc(Br)o2)C1. The van der Waals surface area contributed by atoms with Gasteiger partial charge in [0, 0.05) is 26.2 Å². The van der Waals surface area contributed by atoms with E-state index in [9.17, 15) is 4.39 Å². The van der Waals surface area contributed by atoms with Gasteiger partial charge in [0.25, 0.3) is 0 Å². The Morgan fingerprint density at radius 1 is 1.33 bits per heavy atom. The van der Waals surface area contributed by atoms with Gasteiger partial charge in [-0.3, -0.25) is 10.2 Å². The van der Waals surface area contributed by atoms with Crippen molar-refractivity contribution >= 4 is 15.9 Å². The Morgan fingerprint density at radius 3 is 2.79 bits per heavy atom. The number of hydrogen-bond donors (Lipinski definition) is 1. The van der Waals surface area contributed by atoms with Gasteiger partial charge in [0.1, 0.15) is 11.6 Å². The van der Waals surface area contributed by atoms with E-state index in [1.807, 2.05) is 12.1 Å². The van der Waals surface area contributed by atoms with Crippen LogP contribution in [-0.2, 0) is 4.74 Å². The molecule has 0 spiro atoms. The van der Waals surface area contributed by atoms with Crippen LogP contribution in [0.15, 0.2) is 45.5 Å². The number of benzene rings is 1. The number of nitrogens with one attached hydrogen (secondary N) is 1. The molecule has 130 valence electrons. The van der Waals surface area contributed by atoms with Crippen molar-refractivity contribution in [1.29, 1.82) is 0 Å². The highest BCUT2D eigenvalue weighted by atomic mass is 79.9. The summed E-state index contributed by atoms with van der Waals surface area (Å²) in [5.41, 5.74) is 0.994. The number of ether oxygens (including phenoxy) is 1. The largest absolute Gasteiger partial charge is 0.452 e. The number of furan rings is 1. The lowest BCUT2D eigenvalue weighted by Crippen LogP contribution is -2.36. The molecule has 1 fully saturated rings. The van der Waals surface area contributed by atoms with Gasteiger partial charge < -0.3 is 9.15 Å². The summed E-state index contributed by atoms with van der Waals surface area (Å²) in [6.45, 7) is 3.73. The van der Waals surface area contributed by atoms with E-state index in [1.165, 1.54) is 12.1 Å². The van der Waals surface area contributed by atoms with Crippen LogP contribution in [0, 0.1) is 5.82 Å². The quantitative estimate of drug-likeness (QED) is 0.775. The zero-order valence-electron chi connectivity index (χ0n) is 13.7. The molecule has 24 heavy (non-hydrogen) atoms. The lowest BCUT2D eigenvalue weighted by molar-refractivity contribution is 0.159. The van der Waals surface area contributed by atoms with Crippen LogP contribution in [0.2, 0.25) is 0 Å². The number of halogens is 2. The van der Waals surface area contributed by atoms with Crippen molar-refractivity contribution in [3.8, 4) is 0 Å². The third kappa shape index (κ3) is 4.45. The second-order valence-electron chi connectivity index (χ2n) is 6.07. The lowest BCUT2D eigenvalue weighted by atomic mass is 10.0. The van der Waals surface area contributed by atoms with Gasteiger partial charge in [-0.1, -0.05) is 12.1 Å². The normalized spacial score (nSPS) is 19.7. The molecule has 0 bridgehead atoms. The highest BCUT2D eigenvalue weighted by Gasteiger charge is 2.27. The molecule has 0 radical (unpaired) electrons. The lowest BCUT2D eigenvalue weighted by Gasteiger charge is -2.22. The van der Waals surface area contributed by atoms with Crippen molar-refractivity contribution in [2.45, 2.75) is 18.5 Å². The summed E-state index contributed by atoms with van der Waals surface area (Å²) in [4.78, 5) is 2.39. The highest BCUT2D eigenvalue weighted by Crippen LogP contribution is 2.28. The monoisotopic (exact) mass is 396 g/mol. The Kier molecular flexibility index (Phi) is 6.05. The van der Waals surface area contributed by atoms with Crippen molar-refractivity contribution < 1.29 is 13.5 Å². The molecular formula is C18H22BrFN2O2. The van der Waals surface area contributed by atoms with E-state index in [2.05, 4.69) is 26.1 Å². The predicted molar refractivity (Wildman–Crippen MR) is 94.5 cm³/mol. The van der Waals surface area contributed by atoms with E-state index in [-0.39, 0.29) is 11.9 Å². The van der Waals surface area contributed by atoms with Crippen LogP contribution in [-0.4, -0.2) is 44.3 Å². The first-order chi connectivity index (χ1) is 11.7. The molecule has 1 N–H and O–H groups in total. The summed E-state index contributed by atoms with van der Waals surface area (Å²) in [6, 6.07) is 10.7. The number of nitrogens with zero attached hydrogens (tertiary/aromatic N) is 1. The molecule has 4 nitrogen and oxygen atoms in total. The summed E-state index contributed by atoms with van der Waals surface area (Å²) in [6.07, 6.45) is 1.07. The zero-order valence-corrected chi connectivity index (χ0v) is 15.3. The van der Waals surface area contributed by atoms with E-state index in [0.29, 0.717) is 10.7 Å². The van der Waals surface area contributed by atoms with Crippen LogP contribution in [0.4, 0.5) is 4.39 Å². The highest BCUT2D eigenvalue weighted by molar-refractivity contribution is 9.10. The van der Waals surface area contributed by atoms with Crippen molar-refractivity contribution in [2.24, 2.45) is 0 Å². The molecule has 2 atom stereocenters. The minimum atomic E-state index is -0.232. The molecule has 1 saturated heterocycles. The van der Waals surface area contributed by atoms with Gasteiger partial charge in [0.15, 0.2) is 4.67 Å². The summed E-state index contributed by atoms with van der Waals surface area (Å²) < 4.78 is 24.9. The maximum Gasteiger partial charge on any atom is 0.169 e. The van der Waals surface area contributed by atoms with E-state index in [1.54, 1.807) is 19.2 Å². The Hall–Kier alpha value is -1.21. The third-order valence-electron chi connectivity index (χ3n) is 4.37. The second-order valence-corrected chi connectivity index (χ2v) is 6.85. The first-order valence-electron chi connectivity index (χ1n) is 8.14. The molecule has 1 aliphatic heterocycles. The molecule has 0 saturated carbocycles. The number of hydrogen-bond acceptors (Lipinski definition) is 4. The molecule has 3 rings (SSSR count). The van der Waals surface area contributed by atoms with Crippen LogP contribution < -0.4 is 5.32 Å². The molecule has 0 aliphatic carbocycles. The fourth-order valence-corrected chi connectivity index (χ4v) is 3.43. The standard InChI is InChI=1S/C18H22BrFN2O2/c1-23-11-10-22-9-8-15(12-22)21-18(16-6-7-17(19)24-16)13-2-4-14(20)5-3-13/h2-7,15,18,21H,8-12H2,1H3. The van der Waals surface area contributed by atoms with Crippen molar-refractivity contribution in [1.82, 2.24) is 10.2 Å². The molecule has 2 heterocycles. The molecule has 2 aromatic rings. The summed E-state index contributed by atoms with van der Waals surface area (Å²) in [5.74, 6) is 0.591. The smallest absolute Gasteiger partial charge is 0.169 e. The van der Waals surface area contributed by atoms with Crippen molar-refractivity contribution in [3.05, 3.63) is 58.2 Å². The number of rotatable bonds is 7. The van der Waals surface area contributed by atoms with Crippen LogP contribution in [0.25, 0.3) is 0 Å². The van der Waals surface area contributed by atoms with Crippen molar-refractivity contribution in [2.75, 3.05) is 33.4 Å². The molecule has 1 aromatic carbocycles. The van der Waals surface area contributed by atoms with Gasteiger partial charge in [0.2, 0.25) is 0 Å². The number of methoxy groups -OCH3 is 1. The first kappa shape index (κ1) is 17.6. The van der Waals surface area contributed by atoms with Gasteiger partial charge in [-0.2, -0.15) is 0 Å². The van der Waals surface area contributed by atoms with Crippen LogP contribution in [0.1, 0.15) is 23.8 Å². The Balaban J connectivity index is 1.72. The average molecular weight is 397 g/mol. The van der Waals surface area contributed by atoms with E-state index in [4.69, 9.17) is 9.15 Å². The van der Waals surface area contributed by atoms with Crippen LogP contribution >= 0.6 is 15.9 Å². The minimum Gasteiger partial charge on any atom is -0.452 e. The average Bonchev–Trinajstić information content (AvgIpc) is 3.20. The Bertz CT molecular complexity index is 647. The minimum absolute atomic E-state index is 0.0933. The fourth-order valence-electron chi connectivity index (χ4n) is 3.11. The Labute approximate surface area is 150 Å². The molecule has 1 aliphatic rings. The van der Waals surface area contributed by atoms with Crippen LogP contribution in [0.5, 0.6) is 0 Å². The topological polar surface area (TPSA) is 37.6 Å². The third-order valence-corrected chi connectivity index (χ3v) is 4.79. The van der Waals surface area contributed by atoms with Gasteiger partial charge >= 0.3 is 0 Å². The second kappa shape index (κ2) is 8.25. The van der Waals surface area contributed by atoms with E-state index < -0.39 is 0 Å². The van der Waals surface area contributed by atoms with Crippen LogP contribution in [0.3, 0.4) is 0 Å². The zero-order chi connectivity index (χ0) is 16.9. The van der Waals surface area contributed by atoms with Gasteiger partial charge in [-0.05, 0) is 58.7 Å². The molecule has 6 heteroatoms. The van der Waals surface area contributed by atoms with E-state index in [0.717, 1.165) is 44.0 Å². The number of likely N-dealkylation sites (tertiary alicyclic amines) is 1. The van der Waals surface area contributed by atoms with Crippen molar-refractivity contribution in [3.63, 3.8) is 0 Å². The van der Waals surface area contributed by atoms with Gasteiger partial charge in [0.05, 0.1) is 12.6 Å². The van der Waals surface area contributed by atoms with E-state index >= 15 is 0 Å². The maximum absolute atomic E-state index is 13.3. The molecular weight excluding hydrogens is 375 g/mol. The first-order valence-corrected chi connectivity index (χ1v) is 8.93. The van der Waals surface area contributed by atoms with Gasteiger partial charge in [-0.25, -0.2) is 4.39 Å². The fraction of sp³-hybridized carbons (Fsp3) is 0.444. The van der Waals surface area contributed by atoms with Gasteiger partial charge in [-0.15, -0.1) is 0 Å². The predicted octanol–water partition coefficient (Wildman–Crippen LogP) is 3.58.